The standard InChI is InChI=1S/C7H16N2O/c1-9(2)5-3-6(8)7(10)4-5/h5-7,10H,3-4,8H2,1-2H3. The Kier molecular flexibility index (Phi) is 2.28. The first-order valence-corrected chi connectivity index (χ1v) is 3.71. The quantitative estimate of drug-likeness (QED) is 0.516. The molecule has 1 aliphatic carbocycles. The van der Waals surface area contributed by atoms with Gasteiger partial charge in [0.2, 0.25) is 0 Å². The van der Waals surface area contributed by atoms with Crippen LogP contribution in [0.5, 0.6) is 0 Å². The third-order valence-electron chi connectivity index (χ3n) is 2.28. The van der Waals surface area contributed by atoms with Gasteiger partial charge in [-0.05, 0) is 26.9 Å². The molecule has 10 heavy (non-hydrogen) atoms. The zero-order valence-electron chi connectivity index (χ0n) is 6.62. The number of hydrogen-bond donors (Lipinski definition) is 2. The summed E-state index contributed by atoms with van der Waals surface area (Å²) >= 11 is 0. The van der Waals surface area contributed by atoms with E-state index in [2.05, 4.69) is 4.90 Å². The monoisotopic (exact) mass is 144 g/mol. The fourth-order valence-electron chi connectivity index (χ4n) is 1.44. The van der Waals surface area contributed by atoms with E-state index in [0.29, 0.717) is 6.04 Å². The molecule has 60 valence electrons. The molecule has 0 aliphatic heterocycles. The SMILES string of the molecule is CN(C)C1CC(N)C(O)C1. The summed E-state index contributed by atoms with van der Waals surface area (Å²) in [6.07, 6.45) is 1.47. The molecule has 3 nitrogen and oxygen atoms in total. The maximum atomic E-state index is 9.27. The Balaban J connectivity index is 2.41. The molecule has 0 bridgehead atoms. The van der Waals surface area contributed by atoms with Crippen LogP contribution in [0.25, 0.3) is 0 Å². The second-order valence-corrected chi connectivity index (χ2v) is 3.32. The Labute approximate surface area is 61.8 Å². The van der Waals surface area contributed by atoms with Crippen LogP contribution in [0.4, 0.5) is 0 Å². The van der Waals surface area contributed by atoms with Gasteiger partial charge in [0.05, 0.1) is 6.10 Å². The number of aliphatic hydroxyl groups excluding tert-OH is 1. The van der Waals surface area contributed by atoms with Gasteiger partial charge in [0.25, 0.3) is 0 Å². The van der Waals surface area contributed by atoms with Crippen molar-refractivity contribution in [3.05, 3.63) is 0 Å². The molecule has 3 N–H and O–H groups in total. The maximum absolute atomic E-state index is 9.27. The molecule has 0 radical (unpaired) electrons. The van der Waals surface area contributed by atoms with Gasteiger partial charge >= 0.3 is 0 Å². The minimum absolute atomic E-state index is 0.00704. The molecule has 0 aromatic heterocycles. The number of nitrogens with zero attached hydrogens (tertiary/aromatic N) is 1. The van der Waals surface area contributed by atoms with Crippen LogP contribution in [0.15, 0.2) is 0 Å². The lowest BCUT2D eigenvalue weighted by Crippen LogP contribution is -2.29. The molecule has 1 aliphatic rings. The predicted molar refractivity (Wildman–Crippen MR) is 40.7 cm³/mol. The lowest BCUT2D eigenvalue weighted by atomic mass is 10.2. The van der Waals surface area contributed by atoms with Crippen LogP contribution < -0.4 is 5.73 Å². The summed E-state index contributed by atoms with van der Waals surface area (Å²) in [7, 11) is 4.05. The van der Waals surface area contributed by atoms with Crippen LogP contribution >= 0.6 is 0 Å². The van der Waals surface area contributed by atoms with Crippen LogP contribution in [0, 0.1) is 0 Å². The van der Waals surface area contributed by atoms with E-state index in [1.54, 1.807) is 0 Å². The van der Waals surface area contributed by atoms with Crippen molar-refractivity contribution in [2.75, 3.05) is 14.1 Å². The van der Waals surface area contributed by atoms with Crippen molar-refractivity contribution in [3.8, 4) is 0 Å². The van der Waals surface area contributed by atoms with Gasteiger partial charge in [0.15, 0.2) is 0 Å². The van der Waals surface area contributed by atoms with Gasteiger partial charge in [0.1, 0.15) is 0 Å². The molecular weight excluding hydrogens is 128 g/mol. The first kappa shape index (κ1) is 7.98. The first-order valence-electron chi connectivity index (χ1n) is 3.71. The Morgan fingerprint density at radius 3 is 2.20 bits per heavy atom. The highest BCUT2D eigenvalue weighted by Crippen LogP contribution is 2.21. The molecule has 0 aromatic carbocycles. The fourth-order valence-corrected chi connectivity index (χ4v) is 1.44. The van der Waals surface area contributed by atoms with Gasteiger partial charge in [-0.3, -0.25) is 0 Å². The number of aliphatic hydroxyl groups is 1. The summed E-state index contributed by atoms with van der Waals surface area (Å²) in [4.78, 5) is 2.12. The predicted octanol–water partition coefficient (Wildman–Crippen LogP) is -0.601. The van der Waals surface area contributed by atoms with Gasteiger partial charge in [-0.25, -0.2) is 0 Å². The largest absolute Gasteiger partial charge is 0.391 e. The molecule has 0 amide bonds. The molecule has 1 fully saturated rings. The summed E-state index contributed by atoms with van der Waals surface area (Å²) in [5.41, 5.74) is 5.63. The highest BCUT2D eigenvalue weighted by atomic mass is 16.3. The van der Waals surface area contributed by atoms with Crippen LogP contribution in [-0.2, 0) is 0 Å². The van der Waals surface area contributed by atoms with Crippen LogP contribution in [0.1, 0.15) is 12.8 Å². The van der Waals surface area contributed by atoms with Crippen molar-refractivity contribution in [1.82, 2.24) is 4.90 Å². The van der Waals surface area contributed by atoms with Crippen molar-refractivity contribution in [2.45, 2.75) is 31.0 Å². The zero-order valence-corrected chi connectivity index (χ0v) is 6.62. The number of nitrogens with two attached hydrogens (primary N) is 1. The van der Waals surface area contributed by atoms with Gasteiger partial charge in [-0.15, -0.1) is 0 Å². The van der Waals surface area contributed by atoms with E-state index in [-0.39, 0.29) is 12.1 Å². The van der Waals surface area contributed by atoms with Crippen molar-refractivity contribution < 1.29 is 5.11 Å². The van der Waals surface area contributed by atoms with Crippen molar-refractivity contribution in [3.63, 3.8) is 0 Å². The highest BCUT2D eigenvalue weighted by molar-refractivity contribution is 4.89. The molecule has 0 heterocycles. The Hall–Kier alpha value is -0.120. The molecular formula is C7H16N2O. The summed E-state index contributed by atoms with van der Waals surface area (Å²) in [6, 6.07) is 0.470. The first-order chi connectivity index (χ1) is 4.61. The minimum atomic E-state index is -0.285. The number of rotatable bonds is 1. The molecule has 0 spiro atoms. The Morgan fingerprint density at radius 2 is 2.00 bits per heavy atom. The second kappa shape index (κ2) is 2.86. The van der Waals surface area contributed by atoms with Gasteiger partial charge in [-0.1, -0.05) is 0 Å². The van der Waals surface area contributed by atoms with Crippen LogP contribution in [-0.4, -0.2) is 42.3 Å². The second-order valence-electron chi connectivity index (χ2n) is 3.32. The Morgan fingerprint density at radius 1 is 1.40 bits per heavy atom. The van der Waals surface area contributed by atoms with Gasteiger partial charge in [0, 0.05) is 12.1 Å². The summed E-state index contributed by atoms with van der Waals surface area (Å²) in [6.45, 7) is 0. The van der Waals surface area contributed by atoms with Gasteiger partial charge in [-0.2, -0.15) is 0 Å². The molecule has 1 rings (SSSR count). The summed E-state index contributed by atoms with van der Waals surface area (Å²) in [5.74, 6) is 0. The topological polar surface area (TPSA) is 49.5 Å². The smallest absolute Gasteiger partial charge is 0.0706 e. The fraction of sp³-hybridized carbons (Fsp3) is 1.00. The number of hydrogen-bond acceptors (Lipinski definition) is 3. The van der Waals surface area contributed by atoms with E-state index in [1.165, 1.54) is 0 Å². The van der Waals surface area contributed by atoms with E-state index in [1.807, 2.05) is 14.1 Å². The van der Waals surface area contributed by atoms with E-state index in [0.717, 1.165) is 12.8 Å². The van der Waals surface area contributed by atoms with Crippen molar-refractivity contribution in [2.24, 2.45) is 5.73 Å². The zero-order chi connectivity index (χ0) is 7.72. The average Bonchev–Trinajstić information content (AvgIpc) is 2.13. The van der Waals surface area contributed by atoms with Crippen LogP contribution in [0.2, 0.25) is 0 Å². The lowest BCUT2D eigenvalue weighted by Gasteiger charge is -2.17. The summed E-state index contributed by atoms with van der Waals surface area (Å²) in [5, 5.41) is 9.27. The third-order valence-corrected chi connectivity index (χ3v) is 2.28. The molecule has 1 saturated carbocycles. The average molecular weight is 144 g/mol. The van der Waals surface area contributed by atoms with E-state index in [9.17, 15) is 5.11 Å². The van der Waals surface area contributed by atoms with Crippen molar-refractivity contribution >= 4 is 0 Å². The molecule has 3 heteroatoms. The van der Waals surface area contributed by atoms with Crippen molar-refractivity contribution in [1.29, 1.82) is 0 Å². The lowest BCUT2D eigenvalue weighted by molar-refractivity contribution is 0.156. The summed E-state index contributed by atoms with van der Waals surface area (Å²) < 4.78 is 0. The molecule has 3 atom stereocenters. The van der Waals surface area contributed by atoms with E-state index in [4.69, 9.17) is 5.73 Å². The highest BCUT2D eigenvalue weighted by Gasteiger charge is 2.30. The van der Waals surface area contributed by atoms with Gasteiger partial charge < -0.3 is 15.7 Å². The maximum Gasteiger partial charge on any atom is 0.0706 e. The Bertz CT molecular complexity index is 106. The van der Waals surface area contributed by atoms with E-state index < -0.39 is 0 Å². The molecule has 3 unspecified atom stereocenters. The third kappa shape index (κ3) is 1.48. The normalized spacial score (nSPS) is 41.1. The minimum Gasteiger partial charge on any atom is -0.391 e. The van der Waals surface area contributed by atoms with Crippen LogP contribution in [0.3, 0.4) is 0 Å². The molecule has 0 aromatic rings. The molecule has 0 saturated heterocycles. The van der Waals surface area contributed by atoms with E-state index >= 15 is 0 Å².